The summed E-state index contributed by atoms with van der Waals surface area (Å²) in [5.41, 5.74) is 3.87. The highest BCUT2D eigenvalue weighted by molar-refractivity contribution is 7.89. The highest BCUT2D eigenvalue weighted by Crippen LogP contribution is 2.30. The Hall–Kier alpha value is -4.67. The first-order chi connectivity index (χ1) is 22.4. The average Bonchev–Trinajstić information content (AvgIpc) is 3.09. The Kier molecular flexibility index (Phi) is 9.65. The van der Waals surface area contributed by atoms with Gasteiger partial charge in [-0.3, -0.25) is 15.0 Å². The third-order valence-electron chi connectivity index (χ3n) is 8.09. The van der Waals surface area contributed by atoms with Crippen LogP contribution in [0, 0.1) is 0 Å². The Morgan fingerprint density at radius 3 is 1.96 bits per heavy atom. The van der Waals surface area contributed by atoms with Crippen LogP contribution in [0.2, 0.25) is 0 Å². The number of hydrogen-bond donors (Lipinski definition) is 2. The highest BCUT2D eigenvalue weighted by atomic mass is 32.2. The third kappa shape index (κ3) is 7.24. The van der Waals surface area contributed by atoms with Crippen LogP contribution in [0.4, 0.5) is 5.69 Å². The fourth-order valence-corrected chi connectivity index (χ4v) is 7.46. The summed E-state index contributed by atoms with van der Waals surface area (Å²) in [7, 11) is -3.69. The van der Waals surface area contributed by atoms with Crippen LogP contribution in [0.25, 0.3) is 16.8 Å². The van der Waals surface area contributed by atoms with Gasteiger partial charge in [0.05, 0.1) is 10.9 Å². The summed E-state index contributed by atoms with van der Waals surface area (Å²) in [6.45, 7) is 1.99. The Bertz CT molecular complexity index is 1910. The zero-order chi connectivity index (χ0) is 31.9. The first-order valence-electron chi connectivity index (χ1n) is 15.1. The van der Waals surface area contributed by atoms with E-state index >= 15 is 0 Å². The topological polar surface area (TPSA) is 81.8 Å². The van der Waals surface area contributed by atoms with Crippen LogP contribution in [-0.4, -0.2) is 54.8 Å². The van der Waals surface area contributed by atoms with Gasteiger partial charge in [0.2, 0.25) is 15.9 Å². The minimum Gasteiger partial charge on any atom is -0.332 e. The molecule has 2 N–H and O–H groups in total. The van der Waals surface area contributed by atoms with E-state index in [0.717, 1.165) is 16.3 Å². The van der Waals surface area contributed by atoms with Crippen molar-refractivity contribution in [3.05, 3.63) is 150 Å². The van der Waals surface area contributed by atoms with Gasteiger partial charge < -0.3 is 5.32 Å². The molecule has 7 nitrogen and oxygen atoms in total. The predicted molar refractivity (Wildman–Crippen MR) is 189 cm³/mol. The largest absolute Gasteiger partial charge is 0.332 e. The first-order valence-corrected chi connectivity index (χ1v) is 17.0. The fraction of sp³-hybridized carbons (Fsp3) is 0.135. The van der Waals surface area contributed by atoms with Crippen LogP contribution in [0.15, 0.2) is 138 Å². The van der Waals surface area contributed by atoms with E-state index in [4.69, 9.17) is 12.2 Å². The van der Waals surface area contributed by atoms with E-state index in [-0.39, 0.29) is 22.0 Å². The van der Waals surface area contributed by atoms with E-state index in [9.17, 15) is 13.2 Å². The molecular weight excluding hydrogens is 613 g/mol. The Morgan fingerprint density at radius 1 is 0.717 bits per heavy atom. The Labute approximate surface area is 275 Å². The lowest BCUT2D eigenvalue weighted by Gasteiger charge is -2.39. The van der Waals surface area contributed by atoms with E-state index in [0.29, 0.717) is 31.9 Å². The molecule has 46 heavy (non-hydrogen) atoms. The maximum absolute atomic E-state index is 13.5. The normalized spacial score (nSPS) is 14.5. The number of carbonyl (C=O) groups excluding carboxylic acids is 1. The summed E-state index contributed by atoms with van der Waals surface area (Å²) >= 11 is 5.32. The van der Waals surface area contributed by atoms with Gasteiger partial charge in [-0.1, -0.05) is 103 Å². The monoisotopic (exact) mass is 646 g/mol. The second-order valence-corrected chi connectivity index (χ2v) is 13.4. The van der Waals surface area contributed by atoms with E-state index in [1.807, 2.05) is 78.9 Å². The van der Waals surface area contributed by atoms with E-state index in [1.165, 1.54) is 17.2 Å². The van der Waals surface area contributed by atoms with Gasteiger partial charge in [0, 0.05) is 37.9 Å². The summed E-state index contributed by atoms with van der Waals surface area (Å²) in [5, 5.41) is 7.86. The van der Waals surface area contributed by atoms with Gasteiger partial charge in [-0.05, 0) is 70.0 Å². The van der Waals surface area contributed by atoms with Crippen LogP contribution < -0.4 is 10.6 Å². The van der Waals surface area contributed by atoms with E-state index in [1.54, 1.807) is 34.6 Å². The molecule has 5 aromatic carbocycles. The molecular formula is C37H34N4O3S2. The van der Waals surface area contributed by atoms with Crippen molar-refractivity contribution >= 4 is 55.8 Å². The number of hydrogen-bond acceptors (Lipinski definition) is 5. The summed E-state index contributed by atoms with van der Waals surface area (Å²) in [6, 6.07) is 41.0. The van der Waals surface area contributed by atoms with Crippen molar-refractivity contribution in [1.82, 2.24) is 14.5 Å². The van der Waals surface area contributed by atoms with Crippen LogP contribution in [0.1, 0.15) is 22.7 Å². The van der Waals surface area contributed by atoms with Gasteiger partial charge in [0.15, 0.2) is 5.11 Å². The number of piperazine rings is 1. The zero-order valence-corrected chi connectivity index (χ0v) is 26.8. The molecule has 6 rings (SSSR count). The van der Waals surface area contributed by atoms with Crippen LogP contribution in [0.3, 0.4) is 0 Å². The second-order valence-electron chi connectivity index (χ2n) is 11.0. The number of benzene rings is 5. The number of nitrogens with zero attached hydrogens (tertiary/aromatic N) is 2. The van der Waals surface area contributed by atoms with Crippen LogP contribution in [0.5, 0.6) is 0 Å². The third-order valence-corrected chi connectivity index (χ3v) is 10.2. The first kappa shape index (κ1) is 31.3. The van der Waals surface area contributed by atoms with Gasteiger partial charge in [-0.25, -0.2) is 8.42 Å². The SMILES string of the molecule is O=C(/C=C/c1cccc2ccccc12)NC(=S)Nc1ccc(S(=O)(=O)N2CCN(C(c3ccccc3)c3ccccc3)CC2)cc1. The summed E-state index contributed by atoms with van der Waals surface area (Å²) in [4.78, 5) is 15.1. The molecule has 1 heterocycles. The van der Waals surface area contributed by atoms with Gasteiger partial charge in [-0.15, -0.1) is 0 Å². The molecule has 232 valence electrons. The summed E-state index contributed by atoms with van der Waals surface area (Å²) in [6.07, 6.45) is 3.19. The number of thiocarbonyl (C=S) groups is 1. The van der Waals surface area contributed by atoms with Crippen LogP contribution >= 0.6 is 12.2 Å². The lowest BCUT2D eigenvalue weighted by Crippen LogP contribution is -2.49. The number of nitrogens with one attached hydrogen (secondary N) is 2. The van der Waals surface area contributed by atoms with Gasteiger partial charge >= 0.3 is 0 Å². The molecule has 0 spiro atoms. The number of carbonyl (C=O) groups is 1. The molecule has 9 heteroatoms. The van der Waals surface area contributed by atoms with Gasteiger partial charge in [0.25, 0.3) is 0 Å². The van der Waals surface area contributed by atoms with E-state index in [2.05, 4.69) is 39.8 Å². The minimum atomic E-state index is -3.69. The van der Waals surface area contributed by atoms with Crippen LogP contribution in [-0.2, 0) is 14.8 Å². The molecule has 0 aromatic heterocycles. The molecule has 5 aromatic rings. The smallest absolute Gasteiger partial charge is 0.250 e. The lowest BCUT2D eigenvalue weighted by atomic mass is 9.96. The van der Waals surface area contributed by atoms with Crippen molar-refractivity contribution in [3.63, 3.8) is 0 Å². The van der Waals surface area contributed by atoms with Crippen molar-refractivity contribution < 1.29 is 13.2 Å². The summed E-state index contributed by atoms with van der Waals surface area (Å²) < 4.78 is 28.6. The molecule has 0 unspecified atom stereocenters. The van der Waals surface area contributed by atoms with Crippen molar-refractivity contribution in [2.24, 2.45) is 0 Å². The molecule has 0 saturated carbocycles. The highest BCUT2D eigenvalue weighted by Gasteiger charge is 2.32. The lowest BCUT2D eigenvalue weighted by molar-refractivity contribution is -0.115. The molecule has 1 saturated heterocycles. The molecule has 1 amide bonds. The number of fused-ring (bicyclic) bond motifs is 1. The van der Waals surface area contributed by atoms with Crippen molar-refractivity contribution in [3.8, 4) is 0 Å². The quantitative estimate of drug-likeness (QED) is 0.149. The molecule has 0 bridgehead atoms. The molecule has 0 atom stereocenters. The maximum Gasteiger partial charge on any atom is 0.250 e. The van der Waals surface area contributed by atoms with E-state index < -0.39 is 10.0 Å². The molecule has 0 radical (unpaired) electrons. The van der Waals surface area contributed by atoms with Crippen molar-refractivity contribution in [2.75, 3.05) is 31.5 Å². The van der Waals surface area contributed by atoms with Crippen molar-refractivity contribution in [2.45, 2.75) is 10.9 Å². The van der Waals surface area contributed by atoms with Gasteiger partial charge in [0.1, 0.15) is 0 Å². The standard InChI is InChI=1S/C37H34N4O3S2/c42-35(23-18-29-16-9-15-28-10-7-8-17-34(28)29)39-37(45)38-32-19-21-33(22-20-32)46(43,44)41-26-24-40(25-27-41)36(30-11-3-1-4-12-30)31-13-5-2-6-14-31/h1-23,36H,24-27H2,(H2,38,39,42,45)/b23-18+. The average molecular weight is 647 g/mol. The van der Waals surface area contributed by atoms with Gasteiger partial charge in [-0.2, -0.15) is 4.31 Å². The number of amides is 1. The fourth-order valence-electron chi connectivity index (χ4n) is 5.82. The van der Waals surface area contributed by atoms with Crippen molar-refractivity contribution in [1.29, 1.82) is 0 Å². The summed E-state index contributed by atoms with van der Waals surface area (Å²) in [5.74, 6) is -0.370. The minimum absolute atomic E-state index is 0.0515. The maximum atomic E-state index is 13.5. The molecule has 1 aliphatic rings. The Morgan fingerprint density at radius 2 is 1.30 bits per heavy atom. The zero-order valence-electron chi connectivity index (χ0n) is 25.1. The predicted octanol–water partition coefficient (Wildman–Crippen LogP) is 6.46. The molecule has 1 fully saturated rings. The molecule has 0 aliphatic carbocycles. The molecule has 1 aliphatic heterocycles. The number of sulfonamides is 1. The second kappa shape index (κ2) is 14.2. The number of anilines is 1. The Balaban J connectivity index is 1.05. The number of rotatable bonds is 8.